The fourth-order valence-electron chi connectivity index (χ4n) is 2.93. The summed E-state index contributed by atoms with van der Waals surface area (Å²) in [6, 6.07) is 0. The van der Waals surface area contributed by atoms with E-state index >= 15 is 0 Å². The monoisotopic (exact) mass is 268 g/mol. The van der Waals surface area contributed by atoms with Crippen molar-refractivity contribution in [3.63, 3.8) is 0 Å². The fourth-order valence-corrected chi connectivity index (χ4v) is 2.93. The van der Waals surface area contributed by atoms with Gasteiger partial charge in [-0.3, -0.25) is 4.79 Å². The van der Waals surface area contributed by atoms with E-state index < -0.39 is 0 Å². The molecule has 0 atom stereocenters. The first-order chi connectivity index (χ1) is 8.85. The number of nitrogens with two attached hydrogens (primary N) is 1. The minimum absolute atomic E-state index is 0.195. The van der Waals surface area contributed by atoms with E-state index in [1.807, 2.05) is 0 Å². The van der Waals surface area contributed by atoms with Crippen LogP contribution in [0.4, 0.5) is 0 Å². The van der Waals surface area contributed by atoms with Gasteiger partial charge < -0.3 is 10.6 Å². The lowest BCUT2D eigenvalue weighted by molar-refractivity contribution is -0.133. The van der Waals surface area contributed by atoms with Crippen LogP contribution in [-0.2, 0) is 4.79 Å². The number of carbonyl (C=O) groups excluding carboxylic acids is 1. The van der Waals surface area contributed by atoms with Gasteiger partial charge in [0.05, 0.1) is 0 Å². The first kappa shape index (κ1) is 16.5. The molecule has 0 unspecified atom stereocenters. The highest BCUT2D eigenvalue weighted by atomic mass is 16.2. The predicted octanol–water partition coefficient (Wildman–Crippen LogP) is 3.04. The van der Waals surface area contributed by atoms with Crippen molar-refractivity contribution in [1.82, 2.24) is 4.90 Å². The number of likely N-dealkylation sites (tertiary alicyclic amines) is 1. The van der Waals surface area contributed by atoms with Crippen molar-refractivity contribution in [3.8, 4) is 0 Å². The quantitative estimate of drug-likeness (QED) is 0.805. The van der Waals surface area contributed by atoms with Gasteiger partial charge in [-0.1, -0.05) is 27.7 Å². The summed E-state index contributed by atoms with van der Waals surface area (Å²) in [6.07, 6.45) is 4.98. The highest BCUT2D eigenvalue weighted by Crippen LogP contribution is 2.28. The first-order valence-electron chi connectivity index (χ1n) is 7.83. The van der Waals surface area contributed by atoms with Crippen LogP contribution in [0.3, 0.4) is 0 Å². The SMILES string of the molecule is CC(C)C1CCN(C(=O)CCC(C)(C)CCN)CC1. The van der Waals surface area contributed by atoms with Gasteiger partial charge in [-0.05, 0) is 49.5 Å². The summed E-state index contributed by atoms with van der Waals surface area (Å²) < 4.78 is 0. The average Bonchev–Trinajstić information content (AvgIpc) is 2.36. The van der Waals surface area contributed by atoms with Crippen LogP contribution < -0.4 is 5.73 Å². The van der Waals surface area contributed by atoms with Gasteiger partial charge in [0.25, 0.3) is 0 Å². The molecule has 3 heteroatoms. The smallest absolute Gasteiger partial charge is 0.222 e. The molecule has 0 aliphatic carbocycles. The van der Waals surface area contributed by atoms with E-state index in [1.54, 1.807) is 0 Å². The molecule has 0 aromatic carbocycles. The van der Waals surface area contributed by atoms with E-state index in [0.29, 0.717) is 18.9 Å². The molecule has 3 nitrogen and oxygen atoms in total. The second kappa shape index (κ2) is 7.28. The lowest BCUT2D eigenvalue weighted by Gasteiger charge is -2.34. The van der Waals surface area contributed by atoms with Crippen molar-refractivity contribution in [3.05, 3.63) is 0 Å². The molecule has 1 rings (SSSR count). The molecule has 0 aromatic heterocycles. The minimum Gasteiger partial charge on any atom is -0.343 e. The van der Waals surface area contributed by atoms with Crippen LogP contribution in [0.2, 0.25) is 0 Å². The Morgan fingerprint density at radius 2 is 1.84 bits per heavy atom. The average molecular weight is 268 g/mol. The summed E-state index contributed by atoms with van der Waals surface area (Å²) in [5.41, 5.74) is 5.81. The zero-order valence-corrected chi connectivity index (χ0v) is 13.2. The third-order valence-electron chi connectivity index (χ3n) is 4.67. The van der Waals surface area contributed by atoms with E-state index in [2.05, 4.69) is 32.6 Å². The van der Waals surface area contributed by atoms with Gasteiger partial charge in [0, 0.05) is 19.5 Å². The fraction of sp³-hybridized carbons (Fsp3) is 0.938. The highest BCUT2D eigenvalue weighted by molar-refractivity contribution is 5.76. The molecule has 1 aliphatic heterocycles. The summed E-state index contributed by atoms with van der Waals surface area (Å²) in [6.45, 7) is 11.6. The summed E-state index contributed by atoms with van der Waals surface area (Å²) in [7, 11) is 0. The number of rotatable bonds is 6. The Hall–Kier alpha value is -0.570. The number of carbonyl (C=O) groups is 1. The van der Waals surface area contributed by atoms with E-state index in [-0.39, 0.29) is 5.41 Å². The molecule has 0 aromatic rings. The normalized spacial score (nSPS) is 18.1. The van der Waals surface area contributed by atoms with E-state index in [1.165, 1.54) is 12.8 Å². The van der Waals surface area contributed by atoms with Crippen molar-refractivity contribution in [2.75, 3.05) is 19.6 Å². The highest BCUT2D eigenvalue weighted by Gasteiger charge is 2.26. The van der Waals surface area contributed by atoms with Crippen LogP contribution in [0, 0.1) is 17.3 Å². The molecule has 0 spiro atoms. The molecule has 0 saturated carbocycles. The van der Waals surface area contributed by atoms with E-state index in [9.17, 15) is 4.79 Å². The lowest BCUT2D eigenvalue weighted by Crippen LogP contribution is -2.39. The van der Waals surface area contributed by atoms with Crippen molar-refractivity contribution < 1.29 is 4.79 Å². The Morgan fingerprint density at radius 3 is 2.32 bits per heavy atom. The Labute approximate surface area is 118 Å². The molecule has 1 aliphatic rings. The maximum Gasteiger partial charge on any atom is 0.222 e. The van der Waals surface area contributed by atoms with Gasteiger partial charge in [0.15, 0.2) is 0 Å². The van der Waals surface area contributed by atoms with Gasteiger partial charge in [-0.25, -0.2) is 0 Å². The van der Waals surface area contributed by atoms with Crippen LogP contribution in [0.25, 0.3) is 0 Å². The number of hydrogen-bond donors (Lipinski definition) is 1. The topological polar surface area (TPSA) is 46.3 Å². The van der Waals surface area contributed by atoms with Crippen LogP contribution in [-0.4, -0.2) is 30.4 Å². The summed E-state index contributed by atoms with van der Waals surface area (Å²) in [5.74, 6) is 1.89. The molecular formula is C16H32N2O. The molecule has 19 heavy (non-hydrogen) atoms. The third-order valence-corrected chi connectivity index (χ3v) is 4.67. The Kier molecular flexibility index (Phi) is 6.31. The molecule has 0 radical (unpaired) electrons. The van der Waals surface area contributed by atoms with E-state index in [4.69, 9.17) is 5.73 Å². The molecule has 2 N–H and O–H groups in total. The number of amides is 1. The lowest BCUT2D eigenvalue weighted by atomic mass is 9.83. The molecule has 0 bridgehead atoms. The van der Waals surface area contributed by atoms with Gasteiger partial charge in [0.1, 0.15) is 0 Å². The molecule has 1 heterocycles. The van der Waals surface area contributed by atoms with Crippen LogP contribution in [0.1, 0.15) is 59.8 Å². The Bertz CT molecular complexity index is 278. The van der Waals surface area contributed by atoms with E-state index in [0.717, 1.165) is 37.8 Å². The van der Waals surface area contributed by atoms with Gasteiger partial charge in [0.2, 0.25) is 5.91 Å². The summed E-state index contributed by atoms with van der Waals surface area (Å²) in [4.78, 5) is 14.3. The molecule has 1 amide bonds. The zero-order chi connectivity index (χ0) is 14.5. The largest absolute Gasteiger partial charge is 0.343 e. The first-order valence-corrected chi connectivity index (χ1v) is 7.83. The van der Waals surface area contributed by atoms with Gasteiger partial charge in [-0.15, -0.1) is 0 Å². The molecule has 1 fully saturated rings. The van der Waals surface area contributed by atoms with Crippen molar-refractivity contribution in [1.29, 1.82) is 0 Å². The van der Waals surface area contributed by atoms with Gasteiger partial charge in [-0.2, -0.15) is 0 Å². The molecule has 112 valence electrons. The van der Waals surface area contributed by atoms with Crippen molar-refractivity contribution >= 4 is 5.91 Å². The molecular weight excluding hydrogens is 236 g/mol. The second-order valence-electron chi connectivity index (χ2n) is 7.17. The Morgan fingerprint density at radius 1 is 1.26 bits per heavy atom. The second-order valence-corrected chi connectivity index (χ2v) is 7.17. The zero-order valence-electron chi connectivity index (χ0n) is 13.2. The van der Waals surface area contributed by atoms with Crippen LogP contribution in [0.5, 0.6) is 0 Å². The maximum absolute atomic E-state index is 12.2. The number of nitrogens with zero attached hydrogens (tertiary/aromatic N) is 1. The minimum atomic E-state index is 0.195. The van der Waals surface area contributed by atoms with Crippen LogP contribution in [0.15, 0.2) is 0 Å². The van der Waals surface area contributed by atoms with Crippen molar-refractivity contribution in [2.45, 2.75) is 59.8 Å². The number of hydrogen-bond acceptors (Lipinski definition) is 2. The van der Waals surface area contributed by atoms with Crippen molar-refractivity contribution in [2.24, 2.45) is 23.0 Å². The number of piperidine rings is 1. The van der Waals surface area contributed by atoms with Gasteiger partial charge >= 0.3 is 0 Å². The standard InChI is InChI=1S/C16H32N2O/c1-13(2)14-6-11-18(12-7-14)15(19)5-8-16(3,4)9-10-17/h13-14H,5-12,17H2,1-4H3. The Balaban J connectivity index is 2.32. The summed E-state index contributed by atoms with van der Waals surface area (Å²) >= 11 is 0. The maximum atomic E-state index is 12.2. The molecule has 1 saturated heterocycles. The third kappa shape index (κ3) is 5.52. The predicted molar refractivity (Wildman–Crippen MR) is 80.8 cm³/mol. The van der Waals surface area contributed by atoms with Crippen LogP contribution >= 0.6 is 0 Å². The summed E-state index contributed by atoms with van der Waals surface area (Å²) in [5, 5.41) is 0.